The zero-order valence-electron chi connectivity index (χ0n) is 11.2. The van der Waals surface area contributed by atoms with Crippen molar-refractivity contribution in [3.63, 3.8) is 0 Å². The molecule has 6 heteroatoms. The first-order valence-electron chi connectivity index (χ1n) is 6.01. The maximum Gasteiger partial charge on any atom is 0.358 e. The average molecular weight is 263 g/mol. The summed E-state index contributed by atoms with van der Waals surface area (Å²) >= 11 is 0. The molecule has 19 heavy (non-hydrogen) atoms. The predicted octanol–water partition coefficient (Wildman–Crippen LogP) is 1.32. The van der Waals surface area contributed by atoms with Crippen molar-refractivity contribution in [1.82, 2.24) is 11.0 Å². The lowest BCUT2D eigenvalue weighted by Crippen LogP contribution is -2.39. The van der Waals surface area contributed by atoms with Crippen molar-refractivity contribution in [2.75, 3.05) is 18.7 Å². The lowest BCUT2D eigenvalue weighted by atomic mass is 10.2. The summed E-state index contributed by atoms with van der Waals surface area (Å²) in [6, 6.07) is 7.42. The molecule has 2 rings (SSSR count). The van der Waals surface area contributed by atoms with E-state index in [1.807, 2.05) is 24.3 Å². The number of para-hydroxylation sites is 2. The van der Waals surface area contributed by atoms with Gasteiger partial charge in [0.05, 0.1) is 19.4 Å². The molecule has 6 nitrogen and oxygen atoms in total. The average Bonchev–Trinajstić information content (AvgIpc) is 2.80. The zero-order chi connectivity index (χ0) is 13.8. The van der Waals surface area contributed by atoms with Crippen molar-refractivity contribution >= 4 is 11.7 Å². The van der Waals surface area contributed by atoms with E-state index in [9.17, 15) is 4.79 Å². The van der Waals surface area contributed by atoms with Crippen LogP contribution in [0.1, 0.15) is 13.8 Å². The molecular formula is C13H17N3O3. The van der Waals surface area contributed by atoms with E-state index in [1.165, 1.54) is 0 Å². The van der Waals surface area contributed by atoms with E-state index in [-0.39, 0.29) is 5.97 Å². The highest BCUT2D eigenvalue weighted by Gasteiger charge is 2.29. The fourth-order valence-corrected chi connectivity index (χ4v) is 1.86. The van der Waals surface area contributed by atoms with Gasteiger partial charge >= 0.3 is 5.97 Å². The van der Waals surface area contributed by atoms with Gasteiger partial charge in [0, 0.05) is 0 Å². The molecule has 0 bridgehead atoms. The number of methoxy groups -OCH3 is 1. The van der Waals surface area contributed by atoms with Crippen LogP contribution in [0, 0.1) is 0 Å². The Morgan fingerprint density at radius 2 is 2.11 bits per heavy atom. The largest absolute Gasteiger partial charge is 0.495 e. The van der Waals surface area contributed by atoms with Gasteiger partial charge in [0.15, 0.2) is 5.70 Å². The number of esters is 1. The van der Waals surface area contributed by atoms with Gasteiger partial charge in [0.2, 0.25) is 0 Å². The highest BCUT2D eigenvalue weighted by Crippen LogP contribution is 2.31. The molecule has 1 heterocycles. The fraction of sp³-hybridized carbons (Fsp3) is 0.308. The van der Waals surface area contributed by atoms with Gasteiger partial charge in [-0.25, -0.2) is 9.80 Å². The highest BCUT2D eigenvalue weighted by atomic mass is 16.5. The van der Waals surface area contributed by atoms with Gasteiger partial charge in [-0.05, 0) is 26.0 Å². The van der Waals surface area contributed by atoms with Crippen LogP contribution >= 0.6 is 0 Å². The Balaban J connectivity index is 2.37. The minimum Gasteiger partial charge on any atom is -0.495 e. The number of ether oxygens (including phenoxy) is 2. The van der Waals surface area contributed by atoms with E-state index in [1.54, 1.807) is 26.0 Å². The third kappa shape index (κ3) is 2.48. The smallest absolute Gasteiger partial charge is 0.358 e. The predicted molar refractivity (Wildman–Crippen MR) is 71.1 cm³/mol. The Morgan fingerprint density at radius 3 is 2.79 bits per heavy atom. The molecule has 0 amide bonds. The van der Waals surface area contributed by atoms with Crippen molar-refractivity contribution in [1.29, 1.82) is 0 Å². The lowest BCUT2D eigenvalue weighted by molar-refractivity contribution is -0.138. The number of nitrogens with zero attached hydrogens (tertiary/aromatic N) is 1. The number of allylic oxidation sites excluding steroid dienone is 1. The SMILES string of the molecule is CCOC(=O)C1=C(C)NNN1c1ccccc1OC. The number of hydrogen-bond donors (Lipinski definition) is 2. The van der Waals surface area contributed by atoms with Gasteiger partial charge in [-0.15, -0.1) is 5.53 Å². The Hall–Kier alpha value is -2.21. The minimum atomic E-state index is -0.386. The molecule has 0 unspecified atom stereocenters. The van der Waals surface area contributed by atoms with Crippen LogP contribution < -0.4 is 20.7 Å². The molecule has 1 aliphatic rings. The van der Waals surface area contributed by atoms with Crippen molar-refractivity contribution in [2.45, 2.75) is 13.8 Å². The number of carbonyl (C=O) groups is 1. The molecule has 0 saturated heterocycles. The quantitative estimate of drug-likeness (QED) is 0.799. The summed E-state index contributed by atoms with van der Waals surface area (Å²) in [6.45, 7) is 3.90. The molecule has 2 N–H and O–H groups in total. The van der Waals surface area contributed by atoms with E-state index in [0.29, 0.717) is 23.8 Å². The summed E-state index contributed by atoms with van der Waals surface area (Å²) in [6.07, 6.45) is 0. The Kier molecular flexibility index (Phi) is 3.91. The second-order valence-corrected chi connectivity index (χ2v) is 3.94. The highest BCUT2D eigenvalue weighted by molar-refractivity contribution is 5.94. The lowest BCUT2D eigenvalue weighted by Gasteiger charge is -2.21. The summed E-state index contributed by atoms with van der Waals surface area (Å²) in [7, 11) is 1.59. The zero-order valence-corrected chi connectivity index (χ0v) is 11.2. The van der Waals surface area contributed by atoms with E-state index < -0.39 is 0 Å². The number of nitrogens with one attached hydrogen (secondary N) is 2. The maximum atomic E-state index is 12.0. The standard InChI is InChI=1S/C13H17N3O3/c1-4-19-13(17)12-9(2)14-15-16(12)10-7-5-6-8-11(10)18-3/h5-8,14-15H,4H2,1-3H3. The molecule has 1 aromatic rings. The van der Waals surface area contributed by atoms with Gasteiger partial charge in [-0.1, -0.05) is 12.1 Å². The van der Waals surface area contributed by atoms with Crippen molar-refractivity contribution in [3.05, 3.63) is 35.7 Å². The first kappa shape index (κ1) is 13.2. The first-order chi connectivity index (χ1) is 9.19. The second-order valence-electron chi connectivity index (χ2n) is 3.94. The molecule has 0 aliphatic carbocycles. The third-order valence-corrected chi connectivity index (χ3v) is 2.73. The summed E-state index contributed by atoms with van der Waals surface area (Å²) in [4.78, 5) is 12.0. The van der Waals surface area contributed by atoms with E-state index in [2.05, 4.69) is 11.0 Å². The van der Waals surface area contributed by atoms with Crippen molar-refractivity contribution in [3.8, 4) is 5.75 Å². The molecule has 1 aliphatic heterocycles. The number of rotatable bonds is 4. The second kappa shape index (κ2) is 5.62. The summed E-state index contributed by atoms with van der Waals surface area (Å²) in [5.74, 6) is 0.275. The molecule has 0 spiro atoms. The molecule has 0 atom stereocenters. The molecule has 0 radical (unpaired) electrons. The molecule has 1 aromatic carbocycles. The van der Waals surface area contributed by atoms with Crippen LogP contribution in [0.3, 0.4) is 0 Å². The Labute approximate surface area is 111 Å². The Bertz CT molecular complexity index is 514. The van der Waals surface area contributed by atoms with Crippen LogP contribution in [0.5, 0.6) is 5.75 Å². The summed E-state index contributed by atoms with van der Waals surface area (Å²) in [5.41, 5.74) is 7.68. The number of carbonyl (C=O) groups excluding carboxylic acids is 1. The van der Waals surface area contributed by atoms with Gasteiger partial charge in [0.1, 0.15) is 11.4 Å². The van der Waals surface area contributed by atoms with Gasteiger partial charge in [0.25, 0.3) is 0 Å². The van der Waals surface area contributed by atoms with Crippen LogP contribution in [0.15, 0.2) is 35.7 Å². The van der Waals surface area contributed by atoms with Crippen molar-refractivity contribution in [2.24, 2.45) is 0 Å². The van der Waals surface area contributed by atoms with Gasteiger partial charge < -0.3 is 14.9 Å². The minimum absolute atomic E-state index is 0.329. The number of hydrazine groups is 2. The first-order valence-corrected chi connectivity index (χ1v) is 6.01. The van der Waals surface area contributed by atoms with Crippen LogP contribution in [0.4, 0.5) is 5.69 Å². The Morgan fingerprint density at radius 1 is 1.37 bits per heavy atom. The van der Waals surface area contributed by atoms with Crippen LogP contribution in [0.2, 0.25) is 0 Å². The summed E-state index contributed by atoms with van der Waals surface area (Å²) in [5, 5.41) is 1.62. The molecule has 0 aromatic heterocycles. The molecule has 102 valence electrons. The fourth-order valence-electron chi connectivity index (χ4n) is 1.86. The molecular weight excluding hydrogens is 246 g/mol. The summed E-state index contributed by atoms with van der Waals surface area (Å²) < 4.78 is 10.4. The van der Waals surface area contributed by atoms with Gasteiger partial charge in [-0.2, -0.15) is 0 Å². The normalized spacial score (nSPS) is 14.4. The van der Waals surface area contributed by atoms with Gasteiger partial charge in [-0.3, -0.25) is 0 Å². The van der Waals surface area contributed by atoms with E-state index in [0.717, 1.165) is 5.69 Å². The monoisotopic (exact) mass is 263 g/mol. The van der Waals surface area contributed by atoms with Crippen LogP contribution in [-0.4, -0.2) is 19.7 Å². The third-order valence-electron chi connectivity index (χ3n) is 2.73. The number of anilines is 1. The number of hydrogen-bond acceptors (Lipinski definition) is 6. The molecule has 0 saturated carbocycles. The number of benzene rings is 1. The van der Waals surface area contributed by atoms with Crippen LogP contribution in [-0.2, 0) is 9.53 Å². The van der Waals surface area contributed by atoms with E-state index >= 15 is 0 Å². The van der Waals surface area contributed by atoms with Crippen LogP contribution in [0.25, 0.3) is 0 Å². The van der Waals surface area contributed by atoms with E-state index in [4.69, 9.17) is 9.47 Å². The maximum absolute atomic E-state index is 12.0. The molecule has 0 fully saturated rings. The topological polar surface area (TPSA) is 62.8 Å². The van der Waals surface area contributed by atoms with Crippen molar-refractivity contribution < 1.29 is 14.3 Å².